The van der Waals surface area contributed by atoms with Crippen LogP contribution in [0.25, 0.3) is 0 Å². The summed E-state index contributed by atoms with van der Waals surface area (Å²) in [4.78, 5) is 24.1. The summed E-state index contributed by atoms with van der Waals surface area (Å²) in [6.45, 7) is 1.35. The molecule has 4 heteroatoms. The molecule has 4 rings (SSSR count). The van der Waals surface area contributed by atoms with E-state index in [0.29, 0.717) is 24.2 Å². The highest BCUT2D eigenvalue weighted by Crippen LogP contribution is 2.55. The highest BCUT2D eigenvalue weighted by atomic mass is 16.5. The third kappa shape index (κ3) is 1.82. The Balaban J connectivity index is 1.84. The molecule has 22 heavy (non-hydrogen) atoms. The zero-order valence-electron chi connectivity index (χ0n) is 12.7. The number of hydrogen-bond donors (Lipinski definition) is 0. The lowest BCUT2D eigenvalue weighted by Crippen LogP contribution is -2.60. The van der Waals surface area contributed by atoms with Gasteiger partial charge in [0, 0.05) is 18.0 Å². The van der Waals surface area contributed by atoms with E-state index in [9.17, 15) is 9.59 Å². The van der Waals surface area contributed by atoms with E-state index in [-0.39, 0.29) is 5.41 Å². The SMILES string of the molecule is O=COc1ccc2c(c1)[C@@]13CCCC[C@H]1[C@@H](C2)N(C=O)CC3. The first-order valence-electron chi connectivity index (χ1n) is 8.23. The van der Waals surface area contributed by atoms with Gasteiger partial charge in [-0.1, -0.05) is 18.9 Å². The lowest BCUT2D eigenvalue weighted by atomic mass is 9.52. The summed E-state index contributed by atoms with van der Waals surface area (Å²) in [7, 11) is 0. The minimum absolute atomic E-state index is 0.179. The molecule has 3 aliphatic rings. The number of piperidine rings is 1. The van der Waals surface area contributed by atoms with Gasteiger partial charge in [0.15, 0.2) is 0 Å². The minimum Gasteiger partial charge on any atom is -0.429 e. The van der Waals surface area contributed by atoms with Crippen molar-refractivity contribution in [1.82, 2.24) is 4.90 Å². The molecule has 1 aromatic rings. The van der Waals surface area contributed by atoms with Gasteiger partial charge in [-0.25, -0.2) is 0 Å². The Morgan fingerprint density at radius 1 is 1.23 bits per heavy atom. The quantitative estimate of drug-likeness (QED) is 0.805. The maximum atomic E-state index is 11.5. The lowest BCUT2D eigenvalue weighted by Gasteiger charge is -2.58. The second-order valence-corrected chi connectivity index (χ2v) is 6.91. The number of benzene rings is 1. The van der Waals surface area contributed by atoms with Crippen molar-refractivity contribution in [2.24, 2.45) is 5.92 Å². The molecule has 2 aliphatic carbocycles. The number of rotatable bonds is 3. The zero-order chi connectivity index (χ0) is 15.2. The molecule has 1 aliphatic heterocycles. The van der Waals surface area contributed by atoms with Crippen LogP contribution in [0.4, 0.5) is 0 Å². The van der Waals surface area contributed by atoms with Gasteiger partial charge in [-0.15, -0.1) is 0 Å². The zero-order valence-corrected chi connectivity index (χ0v) is 12.7. The van der Waals surface area contributed by atoms with Gasteiger partial charge >= 0.3 is 0 Å². The van der Waals surface area contributed by atoms with Crippen molar-refractivity contribution >= 4 is 12.9 Å². The average molecular weight is 299 g/mol. The summed E-state index contributed by atoms with van der Waals surface area (Å²) in [6.07, 6.45) is 7.91. The number of likely N-dealkylation sites (tertiary alicyclic amines) is 1. The molecule has 1 heterocycles. The third-order valence-electron chi connectivity index (χ3n) is 6.17. The Labute approximate surface area is 130 Å². The van der Waals surface area contributed by atoms with Crippen molar-refractivity contribution in [3.8, 4) is 5.75 Å². The molecule has 0 radical (unpaired) electrons. The van der Waals surface area contributed by atoms with Crippen LogP contribution in [0.3, 0.4) is 0 Å². The Hall–Kier alpha value is -1.84. The van der Waals surface area contributed by atoms with Crippen LogP contribution < -0.4 is 4.74 Å². The molecule has 2 bridgehead atoms. The van der Waals surface area contributed by atoms with Crippen molar-refractivity contribution in [2.45, 2.75) is 50.0 Å². The van der Waals surface area contributed by atoms with Gasteiger partial charge in [0.25, 0.3) is 6.47 Å². The Morgan fingerprint density at radius 2 is 2.14 bits per heavy atom. The topological polar surface area (TPSA) is 46.6 Å². The summed E-state index contributed by atoms with van der Waals surface area (Å²) in [5, 5.41) is 0. The van der Waals surface area contributed by atoms with Crippen LogP contribution in [0.1, 0.15) is 43.2 Å². The van der Waals surface area contributed by atoms with Gasteiger partial charge in [0.1, 0.15) is 5.75 Å². The van der Waals surface area contributed by atoms with E-state index in [1.54, 1.807) is 0 Å². The van der Waals surface area contributed by atoms with Crippen LogP contribution in [0.5, 0.6) is 5.75 Å². The largest absolute Gasteiger partial charge is 0.429 e. The molecule has 0 spiro atoms. The van der Waals surface area contributed by atoms with Crippen LogP contribution in [0.2, 0.25) is 0 Å². The van der Waals surface area contributed by atoms with Crippen molar-refractivity contribution in [1.29, 1.82) is 0 Å². The Morgan fingerprint density at radius 3 is 2.95 bits per heavy atom. The first-order chi connectivity index (χ1) is 10.8. The summed E-state index contributed by atoms with van der Waals surface area (Å²) >= 11 is 0. The molecule has 1 aromatic carbocycles. The van der Waals surface area contributed by atoms with E-state index < -0.39 is 0 Å². The van der Waals surface area contributed by atoms with Gasteiger partial charge in [-0.3, -0.25) is 9.59 Å². The van der Waals surface area contributed by atoms with E-state index in [1.165, 1.54) is 36.8 Å². The number of ether oxygens (including phenoxy) is 1. The number of carbonyl (C=O) groups is 2. The molecule has 0 unspecified atom stereocenters. The first kappa shape index (κ1) is 13.8. The molecule has 4 nitrogen and oxygen atoms in total. The van der Waals surface area contributed by atoms with Crippen LogP contribution in [-0.4, -0.2) is 30.4 Å². The summed E-state index contributed by atoms with van der Waals surface area (Å²) in [6, 6.07) is 6.38. The highest BCUT2D eigenvalue weighted by molar-refractivity contribution is 5.54. The smallest absolute Gasteiger partial charge is 0.298 e. The van der Waals surface area contributed by atoms with Gasteiger partial charge < -0.3 is 9.64 Å². The molecule has 1 saturated heterocycles. The Kier molecular flexibility index (Phi) is 3.21. The van der Waals surface area contributed by atoms with Gasteiger partial charge in [-0.2, -0.15) is 0 Å². The molecule has 116 valence electrons. The number of fused-ring (bicyclic) bond motifs is 1. The van der Waals surface area contributed by atoms with E-state index >= 15 is 0 Å². The lowest BCUT2D eigenvalue weighted by molar-refractivity contribution is -0.127. The van der Waals surface area contributed by atoms with Crippen LogP contribution >= 0.6 is 0 Å². The minimum atomic E-state index is 0.179. The maximum Gasteiger partial charge on any atom is 0.298 e. The fraction of sp³-hybridized carbons (Fsp3) is 0.556. The van der Waals surface area contributed by atoms with E-state index in [4.69, 9.17) is 4.74 Å². The van der Waals surface area contributed by atoms with Crippen LogP contribution in [0, 0.1) is 5.92 Å². The predicted octanol–water partition coefficient (Wildman–Crippen LogP) is 2.44. The second-order valence-electron chi connectivity index (χ2n) is 6.91. The molecule has 3 atom stereocenters. The monoisotopic (exact) mass is 299 g/mol. The highest BCUT2D eigenvalue weighted by Gasteiger charge is 2.53. The standard InChI is InChI=1S/C18H21NO3/c20-11-19-8-7-18-6-2-1-3-15(18)17(19)9-13-4-5-14(22-12-21)10-16(13)18/h4-5,10-12,15,17H,1-3,6-9H2/t15-,17+,18+/m0/s1. The molecule has 1 saturated carbocycles. The number of nitrogens with zero attached hydrogens (tertiary/aromatic N) is 1. The Bertz CT molecular complexity index is 614. The van der Waals surface area contributed by atoms with Crippen molar-refractivity contribution < 1.29 is 14.3 Å². The van der Waals surface area contributed by atoms with Crippen molar-refractivity contribution in [3.63, 3.8) is 0 Å². The normalized spacial score (nSPS) is 32.6. The van der Waals surface area contributed by atoms with Gasteiger partial charge in [0.2, 0.25) is 6.41 Å². The van der Waals surface area contributed by atoms with Gasteiger partial charge in [0.05, 0.1) is 0 Å². The van der Waals surface area contributed by atoms with Crippen LogP contribution in [-0.2, 0) is 21.4 Å². The summed E-state index contributed by atoms with van der Waals surface area (Å²) < 4.78 is 5.08. The molecular formula is C18H21NO3. The number of amides is 1. The van der Waals surface area contributed by atoms with Gasteiger partial charge in [-0.05, 0) is 54.9 Å². The van der Waals surface area contributed by atoms with Crippen LogP contribution in [0.15, 0.2) is 18.2 Å². The first-order valence-corrected chi connectivity index (χ1v) is 8.23. The summed E-state index contributed by atoms with van der Waals surface area (Å²) in [5.74, 6) is 1.20. The number of carbonyl (C=O) groups excluding carboxylic acids is 2. The fourth-order valence-electron chi connectivity index (χ4n) is 5.27. The molecule has 0 N–H and O–H groups in total. The van der Waals surface area contributed by atoms with E-state index in [2.05, 4.69) is 12.1 Å². The molecule has 0 aromatic heterocycles. The van der Waals surface area contributed by atoms with E-state index in [0.717, 1.165) is 25.8 Å². The van der Waals surface area contributed by atoms with Crippen molar-refractivity contribution in [3.05, 3.63) is 29.3 Å². The molecular weight excluding hydrogens is 278 g/mol. The fourth-order valence-corrected chi connectivity index (χ4v) is 5.27. The summed E-state index contributed by atoms with van der Waals surface area (Å²) in [5.41, 5.74) is 2.88. The van der Waals surface area contributed by atoms with Crippen molar-refractivity contribution in [2.75, 3.05) is 6.54 Å². The molecule has 2 fully saturated rings. The second kappa shape index (κ2) is 5.11. The predicted molar refractivity (Wildman–Crippen MR) is 81.6 cm³/mol. The number of hydrogen-bond acceptors (Lipinski definition) is 3. The molecule has 1 amide bonds. The average Bonchev–Trinajstić information content (AvgIpc) is 2.56. The maximum absolute atomic E-state index is 11.5. The third-order valence-corrected chi connectivity index (χ3v) is 6.17. The van der Waals surface area contributed by atoms with E-state index in [1.807, 2.05) is 11.0 Å².